The minimum absolute atomic E-state index is 0.271. The van der Waals surface area contributed by atoms with Gasteiger partial charge in [0.25, 0.3) is 0 Å². The summed E-state index contributed by atoms with van der Waals surface area (Å²) < 4.78 is 0. The van der Waals surface area contributed by atoms with Gasteiger partial charge >= 0.3 is 0 Å². The Kier molecular flexibility index (Phi) is 10.00. The summed E-state index contributed by atoms with van der Waals surface area (Å²) in [6.07, 6.45) is 5.20. The Bertz CT molecular complexity index is 120. The van der Waals surface area contributed by atoms with E-state index in [1.807, 2.05) is 6.08 Å². The molecule has 78 valence electrons. The van der Waals surface area contributed by atoms with Gasteiger partial charge in [-0.05, 0) is 19.4 Å². The van der Waals surface area contributed by atoms with Gasteiger partial charge in [0.05, 0.1) is 0 Å². The maximum Gasteiger partial charge on any atom is 0.0443 e. The number of aliphatic hydroxyl groups excluding tert-OH is 1. The first-order valence-corrected chi connectivity index (χ1v) is 5.37. The highest BCUT2D eigenvalue weighted by atomic mass is 35.5. The van der Waals surface area contributed by atoms with Gasteiger partial charge in [0.15, 0.2) is 0 Å². The lowest BCUT2D eigenvalue weighted by Crippen LogP contribution is -2.26. The van der Waals surface area contributed by atoms with Crippen molar-refractivity contribution in [2.45, 2.75) is 26.2 Å². The Morgan fingerprint density at radius 3 is 2.54 bits per heavy atom. The average molecular weight is 206 g/mol. The summed E-state index contributed by atoms with van der Waals surface area (Å²) >= 11 is 5.46. The second-order valence-electron chi connectivity index (χ2n) is 3.09. The van der Waals surface area contributed by atoms with Gasteiger partial charge in [-0.2, -0.15) is 0 Å². The fourth-order valence-corrected chi connectivity index (χ4v) is 1.24. The van der Waals surface area contributed by atoms with Gasteiger partial charge in [-0.25, -0.2) is 0 Å². The molecule has 0 aliphatic carbocycles. The molecule has 0 unspecified atom stereocenters. The third-order valence-corrected chi connectivity index (χ3v) is 2.09. The first kappa shape index (κ1) is 12.9. The van der Waals surface area contributed by atoms with Gasteiger partial charge in [-0.3, -0.25) is 4.90 Å². The monoisotopic (exact) mass is 205 g/mol. The molecule has 2 nitrogen and oxygen atoms in total. The van der Waals surface area contributed by atoms with Gasteiger partial charge in [-0.1, -0.05) is 31.0 Å². The van der Waals surface area contributed by atoms with Crippen molar-refractivity contribution in [1.82, 2.24) is 4.90 Å². The molecule has 0 heterocycles. The van der Waals surface area contributed by atoms with Crippen LogP contribution in [-0.4, -0.2) is 36.2 Å². The Morgan fingerprint density at radius 1 is 1.31 bits per heavy atom. The van der Waals surface area contributed by atoms with Crippen LogP contribution >= 0.6 is 11.6 Å². The van der Waals surface area contributed by atoms with E-state index in [1.165, 1.54) is 12.8 Å². The molecule has 0 aromatic carbocycles. The van der Waals surface area contributed by atoms with E-state index in [4.69, 9.17) is 16.7 Å². The number of aliphatic hydroxyl groups is 1. The minimum atomic E-state index is 0.271. The van der Waals surface area contributed by atoms with E-state index in [0.717, 1.165) is 26.1 Å². The van der Waals surface area contributed by atoms with Crippen LogP contribution in [0.1, 0.15) is 26.2 Å². The van der Waals surface area contributed by atoms with E-state index in [1.54, 1.807) is 5.54 Å². The van der Waals surface area contributed by atoms with E-state index >= 15 is 0 Å². The second kappa shape index (κ2) is 10.0. The van der Waals surface area contributed by atoms with Crippen molar-refractivity contribution in [3.05, 3.63) is 11.6 Å². The van der Waals surface area contributed by atoms with Crippen molar-refractivity contribution in [1.29, 1.82) is 0 Å². The summed E-state index contributed by atoms with van der Waals surface area (Å²) in [5.41, 5.74) is 1.55. The van der Waals surface area contributed by atoms with Crippen molar-refractivity contribution >= 4 is 11.6 Å². The molecular weight excluding hydrogens is 186 g/mol. The van der Waals surface area contributed by atoms with Crippen LogP contribution < -0.4 is 0 Å². The molecular formula is C10H20ClNO. The van der Waals surface area contributed by atoms with Gasteiger partial charge in [0, 0.05) is 25.2 Å². The molecule has 0 amide bonds. The quantitative estimate of drug-likeness (QED) is 0.657. The lowest BCUT2D eigenvalue weighted by molar-refractivity contribution is 0.234. The highest BCUT2D eigenvalue weighted by Crippen LogP contribution is 1.97. The van der Waals surface area contributed by atoms with Crippen LogP contribution in [0.3, 0.4) is 0 Å². The Hall–Kier alpha value is -0.0500. The van der Waals surface area contributed by atoms with Crippen molar-refractivity contribution in [3.8, 4) is 0 Å². The Labute approximate surface area is 86.2 Å². The number of halogens is 1. The molecule has 0 spiro atoms. The van der Waals surface area contributed by atoms with Crippen LogP contribution in [0, 0.1) is 0 Å². The van der Waals surface area contributed by atoms with E-state index in [0.29, 0.717) is 0 Å². The lowest BCUT2D eigenvalue weighted by Gasteiger charge is -2.19. The molecule has 0 aromatic rings. The highest BCUT2D eigenvalue weighted by Gasteiger charge is 2.00. The minimum Gasteiger partial charge on any atom is -0.396 e. The van der Waals surface area contributed by atoms with Crippen LogP contribution in [0.25, 0.3) is 0 Å². The number of unbranched alkanes of at least 4 members (excludes halogenated alkanes) is 1. The SMILES string of the molecule is CCCCN(C/C=C/Cl)CCCO. The van der Waals surface area contributed by atoms with E-state index in [9.17, 15) is 0 Å². The second-order valence-corrected chi connectivity index (χ2v) is 3.34. The van der Waals surface area contributed by atoms with Crippen LogP contribution in [0.4, 0.5) is 0 Å². The highest BCUT2D eigenvalue weighted by molar-refractivity contribution is 6.25. The molecule has 1 N–H and O–H groups in total. The molecule has 0 aromatic heterocycles. The van der Waals surface area contributed by atoms with Crippen molar-refractivity contribution < 1.29 is 5.11 Å². The molecule has 0 aliphatic rings. The smallest absolute Gasteiger partial charge is 0.0443 e. The number of hydrogen-bond donors (Lipinski definition) is 1. The van der Waals surface area contributed by atoms with Gasteiger partial charge in [-0.15, -0.1) is 0 Å². The van der Waals surface area contributed by atoms with Gasteiger partial charge < -0.3 is 5.11 Å². The molecule has 0 aliphatic heterocycles. The zero-order valence-corrected chi connectivity index (χ0v) is 9.13. The summed E-state index contributed by atoms with van der Waals surface area (Å²) in [5, 5.41) is 8.70. The molecule has 0 atom stereocenters. The Balaban J connectivity index is 3.59. The third-order valence-electron chi connectivity index (χ3n) is 1.91. The molecule has 0 fully saturated rings. The molecule has 0 rings (SSSR count). The zero-order chi connectivity index (χ0) is 9.94. The first-order chi connectivity index (χ1) is 6.35. The average Bonchev–Trinajstić information content (AvgIpc) is 2.17. The summed E-state index contributed by atoms with van der Waals surface area (Å²) in [6, 6.07) is 0. The van der Waals surface area contributed by atoms with Crippen LogP contribution in [0.15, 0.2) is 11.6 Å². The number of nitrogens with zero attached hydrogens (tertiary/aromatic N) is 1. The maximum absolute atomic E-state index is 8.70. The normalized spacial score (nSPS) is 11.7. The van der Waals surface area contributed by atoms with Crippen LogP contribution in [-0.2, 0) is 0 Å². The standard InChI is InChI=1S/C10H20ClNO/c1-2-3-7-12(8-4-6-11)9-5-10-13/h4,6,13H,2-3,5,7-10H2,1H3/b6-4+. The fourth-order valence-electron chi connectivity index (χ4n) is 1.16. The molecule has 13 heavy (non-hydrogen) atoms. The Morgan fingerprint density at radius 2 is 2.00 bits per heavy atom. The predicted octanol–water partition coefficient (Wildman–Crippen LogP) is 2.22. The summed E-state index contributed by atoms with van der Waals surface area (Å²) in [6.45, 7) is 5.40. The van der Waals surface area contributed by atoms with Crippen molar-refractivity contribution in [3.63, 3.8) is 0 Å². The predicted molar refractivity (Wildman–Crippen MR) is 58.0 cm³/mol. The first-order valence-electron chi connectivity index (χ1n) is 4.93. The molecule has 3 heteroatoms. The number of rotatable bonds is 8. The largest absolute Gasteiger partial charge is 0.396 e. The topological polar surface area (TPSA) is 23.5 Å². The van der Waals surface area contributed by atoms with Crippen molar-refractivity contribution in [2.24, 2.45) is 0 Å². The third kappa shape index (κ3) is 8.28. The molecule has 0 saturated carbocycles. The molecule has 0 saturated heterocycles. The van der Waals surface area contributed by atoms with Gasteiger partial charge in [0.1, 0.15) is 0 Å². The lowest BCUT2D eigenvalue weighted by atomic mass is 10.3. The zero-order valence-electron chi connectivity index (χ0n) is 8.38. The van der Waals surface area contributed by atoms with E-state index < -0.39 is 0 Å². The fraction of sp³-hybridized carbons (Fsp3) is 0.800. The van der Waals surface area contributed by atoms with E-state index in [-0.39, 0.29) is 6.61 Å². The van der Waals surface area contributed by atoms with Crippen LogP contribution in [0.2, 0.25) is 0 Å². The molecule has 0 radical (unpaired) electrons. The summed E-state index contributed by atoms with van der Waals surface area (Å²) in [5.74, 6) is 0. The van der Waals surface area contributed by atoms with E-state index in [2.05, 4.69) is 11.8 Å². The summed E-state index contributed by atoms with van der Waals surface area (Å²) in [4.78, 5) is 2.30. The summed E-state index contributed by atoms with van der Waals surface area (Å²) in [7, 11) is 0. The number of hydrogen-bond acceptors (Lipinski definition) is 2. The van der Waals surface area contributed by atoms with Gasteiger partial charge in [0.2, 0.25) is 0 Å². The van der Waals surface area contributed by atoms with Crippen LogP contribution in [0.5, 0.6) is 0 Å². The van der Waals surface area contributed by atoms with Crippen molar-refractivity contribution in [2.75, 3.05) is 26.2 Å². The maximum atomic E-state index is 8.70. The molecule has 0 bridgehead atoms.